The first kappa shape index (κ1) is 7.25. The van der Waals surface area contributed by atoms with Crippen LogP contribution >= 0.6 is 15.9 Å². The van der Waals surface area contributed by atoms with Crippen LogP contribution < -0.4 is 0 Å². The number of aromatic nitrogens is 1. The van der Waals surface area contributed by atoms with Crippen LogP contribution in [0.5, 0.6) is 0 Å². The van der Waals surface area contributed by atoms with Crippen LogP contribution in [0.2, 0.25) is 0 Å². The molecule has 1 fully saturated rings. The van der Waals surface area contributed by atoms with Crippen molar-refractivity contribution >= 4 is 22.0 Å². The average molecular weight is 350 g/mol. The van der Waals surface area contributed by atoms with E-state index in [9.17, 15) is 4.79 Å². The first-order valence-electron chi connectivity index (χ1n) is 10.4. The molecule has 1 aliphatic heterocycles. The maximum absolute atomic E-state index is 12.6. The number of nitrogens with zero attached hydrogens (tertiary/aromatic N) is 2. The van der Waals surface area contributed by atoms with Crippen LogP contribution in [0.3, 0.4) is 0 Å². The molecule has 0 aliphatic carbocycles. The summed E-state index contributed by atoms with van der Waals surface area (Å²) in [7, 11) is 0. The fraction of sp³-hybridized carbons (Fsp3) is 0.600. The molecular formula is C15H21BrN2O2. The smallest absolute Gasteiger partial charge is 0.410 e. The third-order valence-corrected chi connectivity index (χ3v) is 2.57. The Bertz CT molecular complexity index is 798. The van der Waals surface area contributed by atoms with Gasteiger partial charge in [-0.3, -0.25) is 0 Å². The second kappa shape index (κ2) is 6.12. The first-order valence-corrected chi connectivity index (χ1v) is 6.71. The van der Waals surface area contributed by atoms with Crippen molar-refractivity contribution in [2.75, 3.05) is 13.0 Å². The number of hydrogen-bond acceptors (Lipinski definition) is 3. The fourth-order valence-corrected chi connectivity index (χ4v) is 1.70. The SMILES string of the molecule is [2H]C1([2H])N(C(=O)OC(C)(C)C)C([2H])([2H])C([2H])([2H])C([2H])(c2cccc(Br)n2)C1([2H])[2H]. The van der Waals surface area contributed by atoms with E-state index >= 15 is 0 Å². The summed E-state index contributed by atoms with van der Waals surface area (Å²) in [5.41, 5.74) is -1.71. The molecule has 0 unspecified atom stereocenters. The lowest BCUT2D eigenvalue weighted by molar-refractivity contribution is 0.0204. The Morgan fingerprint density at radius 1 is 1.50 bits per heavy atom. The van der Waals surface area contributed by atoms with Crippen molar-refractivity contribution in [1.29, 1.82) is 0 Å². The Morgan fingerprint density at radius 3 is 2.70 bits per heavy atom. The summed E-state index contributed by atoms with van der Waals surface area (Å²) in [5, 5.41) is 0. The first-order chi connectivity index (χ1) is 12.7. The van der Waals surface area contributed by atoms with E-state index in [2.05, 4.69) is 20.9 Å². The number of carbonyl (C=O) groups is 1. The molecule has 5 heteroatoms. The molecule has 20 heavy (non-hydrogen) atoms. The topological polar surface area (TPSA) is 42.4 Å². The summed E-state index contributed by atoms with van der Waals surface area (Å²) >= 11 is 3.04. The zero-order valence-corrected chi connectivity index (χ0v) is 12.9. The van der Waals surface area contributed by atoms with Crippen molar-refractivity contribution in [2.24, 2.45) is 0 Å². The highest BCUT2D eigenvalue weighted by Crippen LogP contribution is 2.28. The van der Waals surface area contributed by atoms with Crippen LogP contribution in [-0.4, -0.2) is 34.6 Å². The zero-order valence-electron chi connectivity index (χ0n) is 20.3. The number of hydrogen-bond donors (Lipinski definition) is 0. The number of carbonyl (C=O) groups excluding carboxylic acids is 1. The highest BCUT2D eigenvalue weighted by atomic mass is 79.9. The Hall–Kier alpha value is -1.10. The van der Waals surface area contributed by atoms with Crippen molar-refractivity contribution in [3.8, 4) is 0 Å². The van der Waals surface area contributed by atoms with Crippen molar-refractivity contribution in [3.05, 3.63) is 28.5 Å². The van der Waals surface area contributed by atoms with Crippen LogP contribution in [0.15, 0.2) is 22.8 Å². The van der Waals surface area contributed by atoms with Gasteiger partial charge in [0.15, 0.2) is 0 Å². The molecular weight excluding hydrogens is 320 g/mol. The van der Waals surface area contributed by atoms with Gasteiger partial charge >= 0.3 is 6.09 Å². The lowest BCUT2D eigenvalue weighted by Gasteiger charge is -2.33. The van der Waals surface area contributed by atoms with Gasteiger partial charge in [0.2, 0.25) is 0 Å². The Labute approximate surface area is 141 Å². The summed E-state index contributed by atoms with van der Waals surface area (Å²) in [4.78, 5) is 16.3. The quantitative estimate of drug-likeness (QED) is 0.720. The molecule has 1 aliphatic rings. The van der Waals surface area contributed by atoms with Crippen LogP contribution in [-0.2, 0) is 4.74 Å². The third-order valence-electron chi connectivity index (χ3n) is 2.13. The normalized spacial score (nSPS) is 35.4. The highest BCUT2D eigenvalue weighted by Gasteiger charge is 2.27. The molecule has 0 atom stereocenters. The van der Waals surface area contributed by atoms with Gasteiger partial charge in [0.25, 0.3) is 0 Å². The van der Waals surface area contributed by atoms with Crippen LogP contribution in [0, 0.1) is 0 Å². The maximum Gasteiger partial charge on any atom is 0.410 e. The summed E-state index contributed by atoms with van der Waals surface area (Å²) < 4.78 is 80.4. The Balaban J connectivity index is 2.81. The second-order valence-corrected chi connectivity index (χ2v) is 5.82. The molecule has 0 aromatic carbocycles. The summed E-state index contributed by atoms with van der Waals surface area (Å²) in [6.45, 7) is -2.58. The number of likely N-dealkylation sites (tertiary alicyclic amines) is 1. The maximum atomic E-state index is 12.6. The number of pyridine rings is 1. The van der Waals surface area contributed by atoms with E-state index in [0.29, 0.717) is 0 Å². The van der Waals surface area contributed by atoms with Gasteiger partial charge in [-0.2, -0.15) is 0 Å². The Morgan fingerprint density at radius 2 is 2.15 bits per heavy atom. The molecule has 1 aromatic heterocycles. The highest BCUT2D eigenvalue weighted by molar-refractivity contribution is 9.10. The van der Waals surface area contributed by atoms with E-state index < -0.39 is 49.0 Å². The standard InChI is InChI=1S/C15H21BrN2O2/c1-15(2,3)20-14(19)18-9-7-11(8-10-18)12-5-4-6-13(16)17-12/h4-6,11H,7-10H2,1-3H3/i7D2,8D2,9D2,10D2,11D. The minimum atomic E-state index is -3.46. The average Bonchev–Trinajstić information content (AvgIpc) is 2.50. The molecule has 110 valence electrons. The van der Waals surface area contributed by atoms with Crippen molar-refractivity contribution < 1.29 is 21.9 Å². The molecule has 1 saturated heterocycles. The number of amides is 1. The van der Waals surface area contributed by atoms with Crippen molar-refractivity contribution in [1.82, 2.24) is 9.88 Å². The second-order valence-electron chi connectivity index (χ2n) is 5.01. The van der Waals surface area contributed by atoms with Crippen molar-refractivity contribution in [2.45, 2.75) is 45.0 Å². The Kier molecular flexibility index (Phi) is 2.22. The molecule has 0 radical (unpaired) electrons. The minimum Gasteiger partial charge on any atom is -0.444 e. The van der Waals surface area contributed by atoms with E-state index in [1.165, 1.54) is 32.9 Å². The van der Waals surface area contributed by atoms with Gasteiger partial charge in [0.05, 0.1) is 0 Å². The van der Waals surface area contributed by atoms with Gasteiger partial charge in [-0.15, -0.1) is 0 Å². The van der Waals surface area contributed by atoms with E-state index in [0.717, 1.165) is 6.07 Å². The van der Waals surface area contributed by atoms with E-state index in [4.69, 9.17) is 17.1 Å². The minimum absolute atomic E-state index is 0.129. The predicted octanol–water partition coefficient (Wildman–Crippen LogP) is 3.96. The van der Waals surface area contributed by atoms with E-state index in [1.54, 1.807) is 0 Å². The van der Waals surface area contributed by atoms with E-state index in [1.807, 2.05) is 0 Å². The molecule has 0 spiro atoms. The molecule has 1 aromatic rings. The number of ether oxygens (including phenoxy) is 1. The van der Waals surface area contributed by atoms with Gasteiger partial charge < -0.3 is 9.64 Å². The van der Waals surface area contributed by atoms with Crippen LogP contribution in [0.4, 0.5) is 4.79 Å². The third kappa shape index (κ3) is 4.20. The number of halogens is 1. The molecule has 2 rings (SSSR count). The zero-order chi connectivity index (χ0) is 22.8. The van der Waals surface area contributed by atoms with E-state index in [-0.39, 0.29) is 9.50 Å². The van der Waals surface area contributed by atoms with Gasteiger partial charge in [0, 0.05) is 36.9 Å². The molecule has 0 N–H and O–H groups in total. The number of rotatable bonds is 1. The molecule has 0 bridgehead atoms. The fourth-order valence-electron chi connectivity index (χ4n) is 1.36. The number of piperidine rings is 1. The molecule has 2 heterocycles. The van der Waals surface area contributed by atoms with Gasteiger partial charge in [-0.25, -0.2) is 9.78 Å². The van der Waals surface area contributed by atoms with Gasteiger partial charge in [-0.1, -0.05) is 6.07 Å². The van der Waals surface area contributed by atoms with Gasteiger partial charge in [0.1, 0.15) is 10.2 Å². The molecule has 0 saturated carbocycles. The summed E-state index contributed by atoms with van der Waals surface area (Å²) in [6.07, 6.45) is -8.44. The monoisotopic (exact) mass is 349 g/mol. The molecule has 4 nitrogen and oxygen atoms in total. The largest absolute Gasteiger partial charge is 0.444 e. The summed E-state index contributed by atoms with van der Waals surface area (Å²) in [5.74, 6) is -3.16. The van der Waals surface area contributed by atoms with Crippen LogP contribution in [0.25, 0.3) is 0 Å². The predicted molar refractivity (Wildman–Crippen MR) is 81.7 cm³/mol. The summed E-state index contributed by atoms with van der Waals surface area (Å²) in [6, 6.07) is 3.90. The van der Waals surface area contributed by atoms with Crippen molar-refractivity contribution in [3.63, 3.8) is 0 Å². The lowest BCUT2D eigenvalue weighted by Crippen LogP contribution is -2.41. The van der Waals surface area contributed by atoms with Crippen LogP contribution in [0.1, 0.15) is 57.4 Å². The van der Waals surface area contributed by atoms with Gasteiger partial charge in [-0.05, 0) is 61.6 Å². The lowest BCUT2D eigenvalue weighted by atomic mass is 9.93. The molecule has 1 amide bonds.